The second-order valence-electron chi connectivity index (χ2n) is 8.33. The summed E-state index contributed by atoms with van der Waals surface area (Å²) < 4.78 is 152. The Morgan fingerprint density at radius 3 is 2.34 bits per heavy atom. The molecule has 0 saturated carbocycles. The van der Waals surface area contributed by atoms with E-state index in [1.807, 2.05) is 0 Å². The summed E-state index contributed by atoms with van der Waals surface area (Å²) >= 11 is 0. The van der Waals surface area contributed by atoms with Gasteiger partial charge in [-0.05, 0) is 49.2 Å². The van der Waals surface area contributed by atoms with Crippen molar-refractivity contribution in [2.24, 2.45) is 5.92 Å². The summed E-state index contributed by atoms with van der Waals surface area (Å²) in [5.41, 5.74) is -1.81. The molecule has 0 N–H and O–H groups in total. The van der Waals surface area contributed by atoms with Crippen LogP contribution in [0.3, 0.4) is 0 Å². The molecule has 192 valence electrons. The molecule has 4 rings (SSSR count). The van der Waals surface area contributed by atoms with Gasteiger partial charge in [0.05, 0.1) is 34.5 Å². The highest BCUT2D eigenvalue weighted by Crippen LogP contribution is 2.56. The number of rotatable bonds is 5. The zero-order valence-electron chi connectivity index (χ0n) is 20.8. The number of fused-ring (bicyclic) bond motifs is 3. The van der Waals surface area contributed by atoms with Crippen LogP contribution in [0.4, 0.5) is 22.0 Å². The van der Waals surface area contributed by atoms with Crippen LogP contribution in [-0.2, 0) is 35.3 Å². The fraction of sp³-hybridized carbons (Fsp3) is 0.455. The lowest BCUT2D eigenvalue weighted by molar-refractivity contribution is -0.137. The Kier molecular flexibility index (Phi) is 5.46. The van der Waals surface area contributed by atoms with Crippen LogP contribution < -0.4 is 4.74 Å². The van der Waals surface area contributed by atoms with Crippen LogP contribution in [-0.4, -0.2) is 48.1 Å². The van der Waals surface area contributed by atoms with Gasteiger partial charge < -0.3 is 9.47 Å². The van der Waals surface area contributed by atoms with E-state index in [-0.39, 0.29) is 6.61 Å². The lowest BCUT2D eigenvalue weighted by atomic mass is 9.75. The van der Waals surface area contributed by atoms with Crippen molar-refractivity contribution < 1.29 is 52.4 Å². The van der Waals surface area contributed by atoms with E-state index in [1.54, 1.807) is 0 Å². The van der Waals surface area contributed by atoms with Gasteiger partial charge in [-0.25, -0.2) is 25.6 Å². The van der Waals surface area contributed by atoms with Crippen molar-refractivity contribution in [1.29, 1.82) is 0 Å². The van der Waals surface area contributed by atoms with Crippen LogP contribution in [0.25, 0.3) is 0 Å². The Morgan fingerprint density at radius 2 is 1.71 bits per heavy atom. The van der Waals surface area contributed by atoms with Gasteiger partial charge in [0.25, 0.3) is 0 Å². The van der Waals surface area contributed by atoms with Gasteiger partial charge in [-0.2, -0.15) is 13.2 Å². The highest BCUT2D eigenvalue weighted by atomic mass is 32.2. The lowest BCUT2D eigenvalue weighted by Gasteiger charge is -2.50. The van der Waals surface area contributed by atoms with E-state index < -0.39 is 107 Å². The minimum absolute atomic E-state index is 0.385. The van der Waals surface area contributed by atoms with Crippen LogP contribution in [0.5, 0.6) is 5.75 Å². The predicted octanol–water partition coefficient (Wildman–Crippen LogP) is 3.89. The van der Waals surface area contributed by atoms with Crippen LogP contribution in [0.15, 0.2) is 41.3 Å². The lowest BCUT2D eigenvalue weighted by Crippen LogP contribution is -2.57. The fourth-order valence-corrected chi connectivity index (χ4v) is 7.70. The minimum Gasteiger partial charge on any atom is -0.490 e. The van der Waals surface area contributed by atoms with Crippen molar-refractivity contribution in [2.75, 3.05) is 25.2 Å². The third-order valence-corrected chi connectivity index (χ3v) is 9.72. The van der Waals surface area contributed by atoms with E-state index in [4.69, 9.17) is 13.6 Å². The van der Waals surface area contributed by atoms with Crippen molar-refractivity contribution in [1.82, 2.24) is 0 Å². The van der Waals surface area contributed by atoms with Crippen molar-refractivity contribution in [3.8, 4) is 5.75 Å². The van der Waals surface area contributed by atoms with E-state index >= 15 is 4.39 Å². The highest BCUT2D eigenvalue weighted by molar-refractivity contribution is 7.92. The zero-order valence-corrected chi connectivity index (χ0v) is 19.4. The summed E-state index contributed by atoms with van der Waals surface area (Å²) in [5.74, 6) is -5.21. The molecule has 2 aromatic rings. The molecular weight excluding hydrogens is 519 g/mol. The summed E-state index contributed by atoms with van der Waals surface area (Å²) in [5, 5.41) is 0. The first-order valence-electron chi connectivity index (χ1n) is 11.8. The van der Waals surface area contributed by atoms with Crippen molar-refractivity contribution in [3.63, 3.8) is 0 Å². The molecular formula is C22H21F5O6S2. The molecule has 13 heteroatoms. The first-order chi connectivity index (χ1) is 17.4. The summed E-state index contributed by atoms with van der Waals surface area (Å²) in [4.78, 5) is -0.609. The number of alkyl halides is 3. The average molecular weight is 544 g/mol. The monoisotopic (exact) mass is 543 g/mol. The number of hydrogen-bond acceptors (Lipinski definition) is 6. The number of halogens is 5. The van der Waals surface area contributed by atoms with Gasteiger partial charge in [-0.15, -0.1) is 0 Å². The van der Waals surface area contributed by atoms with Crippen LogP contribution in [0.2, 0.25) is 0 Å². The van der Waals surface area contributed by atoms with E-state index in [1.165, 1.54) is 0 Å². The van der Waals surface area contributed by atoms with Gasteiger partial charge in [-0.1, -0.05) is 0 Å². The zero-order chi connectivity index (χ0) is 28.3. The maximum atomic E-state index is 15.3. The molecule has 35 heavy (non-hydrogen) atoms. The van der Waals surface area contributed by atoms with Crippen molar-refractivity contribution in [2.45, 2.75) is 34.8 Å². The molecule has 0 aromatic heterocycles. The molecule has 2 aliphatic heterocycles. The van der Waals surface area contributed by atoms with Crippen molar-refractivity contribution in [3.05, 3.63) is 59.2 Å². The molecule has 1 fully saturated rings. The van der Waals surface area contributed by atoms with Gasteiger partial charge in [0.2, 0.25) is 0 Å². The topological polar surface area (TPSA) is 86.7 Å². The SMILES string of the molecule is [2H]C([2H])([2H])S(=O)(=O)CC[C@@H]1OCC[C@@]2(S(=O)(=O)c3ccc(C(F)(F)F)cc3)c3c(F)ccc(F)c3OC[C@@H]12. The van der Waals surface area contributed by atoms with Crippen LogP contribution >= 0.6 is 0 Å². The molecule has 0 aliphatic carbocycles. The molecule has 2 aromatic carbocycles. The molecule has 3 atom stereocenters. The molecule has 1 saturated heterocycles. The van der Waals surface area contributed by atoms with Gasteiger partial charge >= 0.3 is 6.18 Å². The van der Waals surface area contributed by atoms with E-state index in [0.29, 0.717) is 30.3 Å². The first kappa shape index (κ1) is 22.0. The Hall–Kier alpha value is -2.25. The van der Waals surface area contributed by atoms with Crippen molar-refractivity contribution >= 4 is 19.7 Å². The quantitative estimate of drug-likeness (QED) is 0.532. The van der Waals surface area contributed by atoms with Crippen LogP contribution in [0.1, 0.15) is 28.1 Å². The normalized spacial score (nSPS) is 26.5. The standard InChI is InChI=1S/C22H21F5O6S2/c1-34(28,29)11-8-18-15-12-33-20-17(24)7-6-16(23)19(20)21(15,9-10-32-18)35(30,31)14-4-2-13(3-5-14)22(25,26)27/h2-7,15,18H,8-12H2,1H3/t15-,18-,21-/m0/s1/i1D3. The van der Waals surface area contributed by atoms with Crippen LogP contribution in [0, 0.1) is 17.6 Å². The number of sulfone groups is 2. The number of benzene rings is 2. The molecule has 2 heterocycles. The summed E-state index contributed by atoms with van der Waals surface area (Å²) in [6.07, 6.45) is -10.4. The van der Waals surface area contributed by atoms with E-state index in [9.17, 15) is 34.4 Å². The van der Waals surface area contributed by atoms with Gasteiger partial charge in [0.15, 0.2) is 21.4 Å². The molecule has 0 unspecified atom stereocenters. The molecule has 0 spiro atoms. The molecule has 6 nitrogen and oxygen atoms in total. The predicted molar refractivity (Wildman–Crippen MR) is 114 cm³/mol. The maximum absolute atomic E-state index is 15.3. The summed E-state index contributed by atoms with van der Waals surface area (Å²) in [6.45, 7) is -0.962. The second-order valence-corrected chi connectivity index (χ2v) is 12.2. The van der Waals surface area contributed by atoms with E-state index in [2.05, 4.69) is 0 Å². The Morgan fingerprint density at radius 1 is 1.06 bits per heavy atom. The smallest absolute Gasteiger partial charge is 0.416 e. The van der Waals surface area contributed by atoms with Gasteiger partial charge in [-0.3, -0.25) is 0 Å². The third kappa shape index (κ3) is 4.42. The molecule has 2 aliphatic rings. The maximum Gasteiger partial charge on any atom is 0.416 e. The minimum atomic E-state index is -4.81. The average Bonchev–Trinajstić information content (AvgIpc) is 2.83. The fourth-order valence-electron chi connectivity index (χ4n) is 4.82. The first-order valence-corrected chi connectivity index (χ1v) is 13.4. The van der Waals surface area contributed by atoms with Gasteiger partial charge in [0, 0.05) is 22.8 Å². The third-order valence-electron chi connectivity index (χ3n) is 6.38. The Balaban J connectivity index is 1.88. The molecule has 0 amide bonds. The van der Waals surface area contributed by atoms with E-state index in [0.717, 1.165) is 6.07 Å². The molecule has 0 radical (unpaired) electrons. The molecule has 0 bridgehead atoms. The highest BCUT2D eigenvalue weighted by Gasteiger charge is 2.61. The van der Waals surface area contributed by atoms with Gasteiger partial charge in [0.1, 0.15) is 20.4 Å². The second kappa shape index (κ2) is 8.70. The Labute approximate surface area is 203 Å². The Bertz CT molecular complexity index is 1440. The summed E-state index contributed by atoms with van der Waals surface area (Å²) in [7, 11) is -9.46. The number of hydrogen-bond donors (Lipinski definition) is 0. The largest absolute Gasteiger partial charge is 0.490 e. The summed E-state index contributed by atoms with van der Waals surface area (Å²) in [6, 6.07) is 3.92. The number of ether oxygens (including phenoxy) is 2.